The van der Waals surface area contributed by atoms with E-state index < -0.39 is 0 Å². The fraction of sp³-hybridized carbons (Fsp3) is 0.381. The zero-order chi connectivity index (χ0) is 20.6. The van der Waals surface area contributed by atoms with E-state index in [9.17, 15) is 13.6 Å². The second kappa shape index (κ2) is 10.3. The van der Waals surface area contributed by atoms with Gasteiger partial charge >= 0.3 is 0 Å². The molecule has 0 saturated carbocycles. The number of hydroxylamine groups is 1. The summed E-state index contributed by atoms with van der Waals surface area (Å²) in [6.45, 7) is 3.07. The number of alkyl halides is 1. The van der Waals surface area contributed by atoms with Crippen LogP contribution in [0.1, 0.15) is 18.9 Å². The molecule has 8 heteroatoms. The van der Waals surface area contributed by atoms with Crippen molar-refractivity contribution in [2.75, 3.05) is 31.4 Å². The standard InChI is InChI=1S/C21H25F2N3O3/c1-15(27)25-13-19-14-26(29-28-19)18-7-8-20(21(23)11-18)17-5-3-16(4-6-17)12-24-10-2-9-22/h3-8,11,19,24H,2,9-10,12-14H2,1H3,(H,25,27). The van der Waals surface area contributed by atoms with Crippen LogP contribution in [0.2, 0.25) is 0 Å². The minimum absolute atomic E-state index is 0.149. The molecule has 0 aliphatic carbocycles. The van der Waals surface area contributed by atoms with Crippen LogP contribution in [0.5, 0.6) is 0 Å². The Bertz CT molecular complexity index is 817. The highest BCUT2D eigenvalue weighted by Gasteiger charge is 2.26. The maximum atomic E-state index is 14.7. The molecular formula is C21H25F2N3O3. The molecule has 3 rings (SSSR count). The van der Waals surface area contributed by atoms with E-state index in [0.717, 1.165) is 11.1 Å². The topological polar surface area (TPSA) is 62.8 Å². The molecule has 1 aliphatic rings. The molecule has 1 fully saturated rings. The first-order valence-electron chi connectivity index (χ1n) is 9.58. The van der Waals surface area contributed by atoms with E-state index in [1.165, 1.54) is 18.1 Å². The maximum absolute atomic E-state index is 14.7. The lowest BCUT2D eigenvalue weighted by Gasteiger charge is -2.14. The van der Waals surface area contributed by atoms with E-state index in [2.05, 4.69) is 10.6 Å². The molecule has 6 nitrogen and oxygen atoms in total. The predicted molar refractivity (Wildman–Crippen MR) is 106 cm³/mol. The molecule has 2 aromatic carbocycles. The smallest absolute Gasteiger partial charge is 0.216 e. The fourth-order valence-corrected chi connectivity index (χ4v) is 2.98. The highest BCUT2D eigenvalue weighted by atomic mass is 19.1. The third-order valence-corrected chi connectivity index (χ3v) is 4.54. The lowest BCUT2D eigenvalue weighted by molar-refractivity contribution is -0.281. The highest BCUT2D eigenvalue weighted by molar-refractivity contribution is 5.72. The number of rotatable bonds is 9. The van der Waals surface area contributed by atoms with Crippen LogP contribution in [0.15, 0.2) is 42.5 Å². The first kappa shape index (κ1) is 21.2. The predicted octanol–water partition coefficient (Wildman–Crippen LogP) is 3.13. The average molecular weight is 405 g/mol. The van der Waals surface area contributed by atoms with Crippen LogP contribution >= 0.6 is 0 Å². The van der Waals surface area contributed by atoms with E-state index in [-0.39, 0.29) is 24.5 Å². The van der Waals surface area contributed by atoms with Crippen molar-refractivity contribution in [2.45, 2.75) is 26.0 Å². The minimum atomic E-state index is -0.370. The summed E-state index contributed by atoms with van der Waals surface area (Å²) in [6.07, 6.45) is 0.169. The second-order valence-electron chi connectivity index (χ2n) is 6.87. The Balaban J connectivity index is 1.60. The van der Waals surface area contributed by atoms with Crippen molar-refractivity contribution in [3.63, 3.8) is 0 Å². The Morgan fingerprint density at radius 1 is 1.24 bits per heavy atom. The molecule has 0 radical (unpaired) electrons. The van der Waals surface area contributed by atoms with E-state index in [1.54, 1.807) is 12.1 Å². The van der Waals surface area contributed by atoms with Crippen molar-refractivity contribution in [3.8, 4) is 11.1 Å². The molecular weight excluding hydrogens is 380 g/mol. The first-order valence-corrected chi connectivity index (χ1v) is 9.58. The van der Waals surface area contributed by atoms with Crippen molar-refractivity contribution < 1.29 is 23.5 Å². The molecule has 0 bridgehead atoms. The van der Waals surface area contributed by atoms with Crippen LogP contribution < -0.4 is 15.7 Å². The molecule has 0 spiro atoms. The normalized spacial score (nSPS) is 16.2. The minimum Gasteiger partial charge on any atom is -0.354 e. The van der Waals surface area contributed by atoms with Crippen LogP contribution in [0, 0.1) is 5.82 Å². The number of carbonyl (C=O) groups excluding carboxylic acids is 1. The summed E-state index contributed by atoms with van der Waals surface area (Å²) in [4.78, 5) is 21.3. The van der Waals surface area contributed by atoms with E-state index in [0.29, 0.717) is 43.9 Å². The molecule has 1 atom stereocenters. The van der Waals surface area contributed by atoms with Gasteiger partial charge in [-0.1, -0.05) is 24.3 Å². The van der Waals surface area contributed by atoms with Gasteiger partial charge in [0.05, 0.1) is 18.9 Å². The van der Waals surface area contributed by atoms with Crippen LogP contribution in [0.3, 0.4) is 0 Å². The molecule has 156 valence electrons. The number of nitrogens with one attached hydrogen (secondary N) is 2. The number of hydrogen-bond donors (Lipinski definition) is 2. The number of halogens is 2. The van der Waals surface area contributed by atoms with E-state index in [1.807, 2.05) is 24.3 Å². The molecule has 2 N–H and O–H groups in total. The van der Waals surface area contributed by atoms with Gasteiger partial charge in [-0.2, -0.15) is 0 Å². The first-order chi connectivity index (χ1) is 14.1. The molecule has 1 amide bonds. The largest absolute Gasteiger partial charge is 0.354 e. The highest BCUT2D eigenvalue weighted by Crippen LogP contribution is 2.29. The second-order valence-corrected chi connectivity index (χ2v) is 6.87. The summed E-state index contributed by atoms with van der Waals surface area (Å²) >= 11 is 0. The quantitative estimate of drug-likeness (QED) is 0.496. The number of amides is 1. The summed E-state index contributed by atoms with van der Waals surface area (Å²) in [5, 5.41) is 7.27. The van der Waals surface area contributed by atoms with Crippen molar-refractivity contribution >= 4 is 11.6 Å². The number of hydrogen-bond acceptors (Lipinski definition) is 5. The van der Waals surface area contributed by atoms with Gasteiger partial charge in [0.2, 0.25) is 5.91 Å². The molecule has 1 unspecified atom stereocenters. The van der Waals surface area contributed by atoms with Gasteiger partial charge in [-0.15, -0.1) is 4.99 Å². The van der Waals surface area contributed by atoms with Crippen molar-refractivity contribution in [1.29, 1.82) is 0 Å². The number of benzene rings is 2. The zero-order valence-electron chi connectivity index (χ0n) is 16.3. The fourth-order valence-electron chi connectivity index (χ4n) is 2.98. The summed E-state index contributed by atoms with van der Waals surface area (Å²) < 4.78 is 26.8. The van der Waals surface area contributed by atoms with Gasteiger partial charge in [0.25, 0.3) is 0 Å². The molecule has 1 aliphatic heterocycles. The summed E-state index contributed by atoms with van der Waals surface area (Å²) in [5.41, 5.74) is 2.84. The van der Waals surface area contributed by atoms with Crippen molar-refractivity contribution in [2.24, 2.45) is 0 Å². The Kier molecular flexibility index (Phi) is 7.51. The Morgan fingerprint density at radius 3 is 2.72 bits per heavy atom. The van der Waals surface area contributed by atoms with Gasteiger partial charge in [-0.3, -0.25) is 9.18 Å². The number of anilines is 1. The van der Waals surface area contributed by atoms with Gasteiger partial charge in [-0.05, 0) is 36.2 Å². The van der Waals surface area contributed by atoms with Crippen LogP contribution in [0.4, 0.5) is 14.5 Å². The van der Waals surface area contributed by atoms with E-state index in [4.69, 9.17) is 9.88 Å². The van der Waals surface area contributed by atoms with Crippen molar-refractivity contribution in [1.82, 2.24) is 10.6 Å². The van der Waals surface area contributed by atoms with E-state index >= 15 is 0 Å². The van der Waals surface area contributed by atoms with Gasteiger partial charge in [0.15, 0.2) is 0 Å². The molecule has 0 aromatic heterocycles. The molecule has 1 saturated heterocycles. The van der Waals surface area contributed by atoms with Gasteiger partial charge < -0.3 is 10.6 Å². The monoisotopic (exact) mass is 405 g/mol. The SMILES string of the molecule is CC(=O)NCC1CN(c2ccc(-c3ccc(CNCCCF)cc3)c(F)c2)OO1. The summed E-state index contributed by atoms with van der Waals surface area (Å²) in [7, 11) is 0. The maximum Gasteiger partial charge on any atom is 0.216 e. The Morgan fingerprint density at radius 2 is 2.03 bits per heavy atom. The zero-order valence-corrected chi connectivity index (χ0v) is 16.3. The van der Waals surface area contributed by atoms with Crippen LogP contribution in [-0.2, 0) is 21.2 Å². The van der Waals surface area contributed by atoms with Crippen LogP contribution in [-0.4, -0.2) is 38.3 Å². The third kappa shape index (κ3) is 5.96. The Labute approximate surface area is 168 Å². The summed E-state index contributed by atoms with van der Waals surface area (Å²) in [6, 6.07) is 12.4. The Hall–Kier alpha value is -2.55. The van der Waals surface area contributed by atoms with Gasteiger partial charge in [0, 0.05) is 31.6 Å². The third-order valence-electron chi connectivity index (χ3n) is 4.54. The number of nitrogens with zero attached hydrogens (tertiary/aromatic N) is 1. The molecule has 29 heavy (non-hydrogen) atoms. The lowest BCUT2D eigenvalue weighted by Crippen LogP contribution is -2.33. The molecule has 2 aromatic rings. The molecule has 1 heterocycles. The van der Waals surface area contributed by atoms with Crippen molar-refractivity contribution in [3.05, 3.63) is 53.8 Å². The van der Waals surface area contributed by atoms with Gasteiger partial charge in [-0.25, -0.2) is 14.3 Å². The van der Waals surface area contributed by atoms with Crippen LogP contribution in [0.25, 0.3) is 11.1 Å². The summed E-state index contributed by atoms with van der Waals surface area (Å²) in [5.74, 6) is -0.519. The lowest BCUT2D eigenvalue weighted by atomic mass is 10.0. The average Bonchev–Trinajstić information content (AvgIpc) is 3.19. The van der Waals surface area contributed by atoms with Gasteiger partial charge in [0.1, 0.15) is 11.9 Å². The number of carbonyl (C=O) groups is 1.